The van der Waals surface area contributed by atoms with Gasteiger partial charge in [-0.2, -0.15) is 0 Å². The number of hydrogen-bond donors (Lipinski definition) is 1. The lowest BCUT2D eigenvalue weighted by Crippen LogP contribution is -2.16. The summed E-state index contributed by atoms with van der Waals surface area (Å²) in [4.78, 5) is 16.9. The van der Waals surface area contributed by atoms with Crippen LogP contribution >= 0.6 is 23.1 Å². The normalized spacial score (nSPS) is 11.5. The molecule has 0 aliphatic rings. The molecule has 1 N–H and O–H groups in total. The first-order valence-electron chi connectivity index (χ1n) is 8.73. The molecule has 0 atom stereocenters. The number of carbonyl (C=O) groups excluding carboxylic acids is 1. The van der Waals surface area contributed by atoms with Gasteiger partial charge in [0.2, 0.25) is 5.91 Å². The van der Waals surface area contributed by atoms with E-state index in [4.69, 9.17) is 4.74 Å². The second kappa shape index (κ2) is 8.32. The zero-order chi connectivity index (χ0) is 20.3. The number of hydrogen-bond acceptors (Lipinski definition) is 7. The van der Waals surface area contributed by atoms with E-state index in [-0.39, 0.29) is 17.1 Å². The van der Waals surface area contributed by atoms with Crippen LogP contribution in [0.4, 0.5) is 5.13 Å². The molecule has 1 aromatic carbocycles. The van der Waals surface area contributed by atoms with Crippen LogP contribution < -0.4 is 10.1 Å². The summed E-state index contributed by atoms with van der Waals surface area (Å²) in [5, 5.41) is 14.5. The van der Waals surface area contributed by atoms with Gasteiger partial charge in [0.1, 0.15) is 11.6 Å². The molecule has 0 aliphatic heterocycles. The van der Waals surface area contributed by atoms with Gasteiger partial charge < -0.3 is 10.1 Å². The number of nitrogens with zero attached hydrogens (tertiary/aromatic N) is 4. The first kappa shape index (κ1) is 20.3. The summed E-state index contributed by atoms with van der Waals surface area (Å²) >= 11 is 2.76. The molecule has 0 fully saturated rings. The predicted octanol–water partition coefficient (Wildman–Crippen LogP) is 4.07. The van der Waals surface area contributed by atoms with Gasteiger partial charge in [0.25, 0.3) is 0 Å². The Hall–Kier alpha value is -2.39. The molecule has 0 radical (unpaired) electrons. The maximum Gasteiger partial charge on any atom is 0.236 e. The Morgan fingerprint density at radius 2 is 2.11 bits per heavy atom. The van der Waals surface area contributed by atoms with Crippen molar-refractivity contribution in [1.29, 1.82) is 0 Å². The molecule has 0 saturated carbocycles. The van der Waals surface area contributed by atoms with Gasteiger partial charge in [0.15, 0.2) is 10.3 Å². The highest BCUT2D eigenvalue weighted by molar-refractivity contribution is 7.99. The largest absolute Gasteiger partial charge is 0.497 e. The van der Waals surface area contributed by atoms with E-state index in [1.807, 2.05) is 41.1 Å². The monoisotopic (exact) mass is 417 g/mol. The van der Waals surface area contributed by atoms with Crippen molar-refractivity contribution in [2.75, 3.05) is 18.2 Å². The molecule has 9 heteroatoms. The fourth-order valence-corrected chi connectivity index (χ4v) is 4.20. The van der Waals surface area contributed by atoms with E-state index in [1.165, 1.54) is 23.1 Å². The number of methoxy groups -OCH3 is 1. The zero-order valence-corrected chi connectivity index (χ0v) is 18.1. The molecule has 7 nitrogen and oxygen atoms in total. The third-order valence-electron chi connectivity index (χ3n) is 3.96. The van der Waals surface area contributed by atoms with E-state index in [2.05, 4.69) is 41.3 Å². The summed E-state index contributed by atoms with van der Waals surface area (Å²) in [7, 11) is 1.63. The van der Waals surface area contributed by atoms with Crippen LogP contribution in [0, 0.1) is 6.92 Å². The minimum atomic E-state index is -0.127. The molecule has 148 valence electrons. The average molecular weight is 418 g/mol. The number of aryl methyl sites for hydroxylation is 1. The van der Waals surface area contributed by atoms with Crippen LogP contribution in [0.5, 0.6) is 5.75 Å². The summed E-state index contributed by atoms with van der Waals surface area (Å²) in [5.74, 6) is 1.58. The molecule has 3 rings (SSSR count). The first-order valence-corrected chi connectivity index (χ1v) is 10.6. The molecule has 28 heavy (non-hydrogen) atoms. The van der Waals surface area contributed by atoms with Gasteiger partial charge in [-0.25, -0.2) is 4.98 Å². The number of carbonyl (C=O) groups is 1. The van der Waals surface area contributed by atoms with Crippen molar-refractivity contribution < 1.29 is 9.53 Å². The molecular formula is C19H23N5O2S2. The van der Waals surface area contributed by atoms with E-state index in [1.54, 1.807) is 7.11 Å². The molecule has 3 aromatic rings. The number of rotatable bonds is 6. The predicted molar refractivity (Wildman–Crippen MR) is 113 cm³/mol. The summed E-state index contributed by atoms with van der Waals surface area (Å²) in [6, 6.07) is 7.64. The van der Waals surface area contributed by atoms with E-state index in [0.29, 0.717) is 10.3 Å². The van der Waals surface area contributed by atoms with Crippen molar-refractivity contribution in [3.05, 3.63) is 41.2 Å². The molecule has 2 heterocycles. The number of anilines is 1. The van der Waals surface area contributed by atoms with Gasteiger partial charge in [0.05, 0.1) is 24.2 Å². The minimum Gasteiger partial charge on any atom is -0.497 e. The maximum absolute atomic E-state index is 12.4. The highest BCUT2D eigenvalue weighted by Gasteiger charge is 2.19. The number of thiazole rings is 1. The topological polar surface area (TPSA) is 81.9 Å². The van der Waals surface area contributed by atoms with Crippen LogP contribution in [-0.2, 0) is 10.2 Å². The fraction of sp³-hybridized carbons (Fsp3) is 0.368. The van der Waals surface area contributed by atoms with E-state index in [9.17, 15) is 4.79 Å². The highest BCUT2D eigenvalue weighted by Crippen LogP contribution is 2.27. The number of aromatic nitrogens is 4. The van der Waals surface area contributed by atoms with Crippen molar-refractivity contribution in [3.63, 3.8) is 0 Å². The van der Waals surface area contributed by atoms with Crippen molar-refractivity contribution >= 4 is 34.1 Å². The Kier molecular flexibility index (Phi) is 6.04. The standard InChI is InChI=1S/C19H23N5O2S2/c1-12-22-23-18(24(12)13-7-6-8-14(9-13)26-5)28-11-16(25)21-17-20-15(10-27-17)19(2,3)4/h6-10H,11H2,1-5H3,(H,20,21,25). The van der Waals surface area contributed by atoms with Crippen LogP contribution in [0.2, 0.25) is 0 Å². The number of nitrogens with one attached hydrogen (secondary N) is 1. The van der Waals surface area contributed by atoms with Crippen molar-refractivity contribution in [2.45, 2.75) is 38.3 Å². The lowest BCUT2D eigenvalue weighted by atomic mass is 9.93. The molecule has 1 amide bonds. The summed E-state index contributed by atoms with van der Waals surface area (Å²) < 4.78 is 7.20. The van der Waals surface area contributed by atoms with Gasteiger partial charge in [0, 0.05) is 16.9 Å². The Morgan fingerprint density at radius 1 is 1.32 bits per heavy atom. The Morgan fingerprint density at radius 3 is 2.79 bits per heavy atom. The third kappa shape index (κ3) is 4.71. The second-order valence-electron chi connectivity index (χ2n) is 7.19. The Balaban J connectivity index is 1.68. The molecule has 0 bridgehead atoms. The lowest BCUT2D eigenvalue weighted by molar-refractivity contribution is -0.113. The van der Waals surface area contributed by atoms with Gasteiger partial charge in [-0.1, -0.05) is 38.6 Å². The van der Waals surface area contributed by atoms with Crippen LogP contribution in [0.25, 0.3) is 5.69 Å². The smallest absolute Gasteiger partial charge is 0.236 e. The van der Waals surface area contributed by atoms with Crippen LogP contribution in [-0.4, -0.2) is 38.5 Å². The molecule has 2 aromatic heterocycles. The van der Waals surface area contributed by atoms with Gasteiger partial charge in [-0.05, 0) is 19.1 Å². The van der Waals surface area contributed by atoms with E-state index < -0.39 is 0 Å². The van der Waals surface area contributed by atoms with Crippen LogP contribution in [0.3, 0.4) is 0 Å². The number of benzene rings is 1. The highest BCUT2D eigenvalue weighted by atomic mass is 32.2. The maximum atomic E-state index is 12.4. The Labute approximate surface area is 172 Å². The third-order valence-corrected chi connectivity index (χ3v) is 5.64. The molecular weight excluding hydrogens is 394 g/mol. The van der Waals surface area contributed by atoms with Crippen molar-refractivity contribution in [1.82, 2.24) is 19.7 Å². The molecule has 0 unspecified atom stereocenters. The number of ether oxygens (including phenoxy) is 1. The molecule has 0 spiro atoms. The molecule has 0 saturated heterocycles. The van der Waals surface area contributed by atoms with Gasteiger partial charge in [-0.15, -0.1) is 21.5 Å². The SMILES string of the molecule is COc1cccc(-n2c(C)nnc2SCC(=O)Nc2nc(C(C)(C)C)cs2)c1. The Bertz CT molecular complexity index is 975. The lowest BCUT2D eigenvalue weighted by Gasteiger charge is -2.14. The number of thioether (sulfide) groups is 1. The fourth-order valence-electron chi connectivity index (χ4n) is 2.44. The average Bonchev–Trinajstić information content (AvgIpc) is 3.26. The van der Waals surface area contributed by atoms with Gasteiger partial charge in [-0.3, -0.25) is 9.36 Å². The second-order valence-corrected chi connectivity index (χ2v) is 8.99. The quantitative estimate of drug-likeness (QED) is 0.609. The summed E-state index contributed by atoms with van der Waals surface area (Å²) in [6.07, 6.45) is 0. The first-order chi connectivity index (χ1) is 13.3. The number of amides is 1. The van der Waals surface area contributed by atoms with Crippen molar-refractivity contribution in [2.24, 2.45) is 0 Å². The van der Waals surface area contributed by atoms with Crippen LogP contribution in [0.15, 0.2) is 34.8 Å². The van der Waals surface area contributed by atoms with Crippen molar-refractivity contribution in [3.8, 4) is 11.4 Å². The zero-order valence-electron chi connectivity index (χ0n) is 16.5. The summed E-state index contributed by atoms with van der Waals surface area (Å²) in [5.41, 5.74) is 1.81. The summed E-state index contributed by atoms with van der Waals surface area (Å²) in [6.45, 7) is 8.16. The minimum absolute atomic E-state index is 0.0427. The van der Waals surface area contributed by atoms with E-state index in [0.717, 1.165) is 23.0 Å². The molecule has 0 aliphatic carbocycles. The van der Waals surface area contributed by atoms with Crippen LogP contribution in [0.1, 0.15) is 32.3 Å². The van der Waals surface area contributed by atoms with Gasteiger partial charge >= 0.3 is 0 Å². The van der Waals surface area contributed by atoms with E-state index >= 15 is 0 Å².